The van der Waals surface area contributed by atoms with E-state index in [1.807, 2.05) is 29.2 Å². The molecular formula is C22H27ClN2O. The van der Waals surface area contributed by atoms with Gasteiger partial charge in [-0.05, 0) is 40.8 Å². The first-order chi connectivity index (χ1) is 12.3. The number of carbonyl (C=O) groups excluding carboxylic acids is 1. The highest BCUT2D eigenvalue weighted by molar-refractivity contribution is 6.30. The van der Waals surface area contributed by atoms with Gasteiger partial charge in [0.15, 0.2) is 0 Å². The number of nitrogens with zero attached hydrogens (tertiary/aromatic N) is 2. The topological polar surface area (TPSA) is 23.6 Å². The number of carbonyl (C=O) groups is 1. The lowest BCUT2D eigenvalue weighted by Crippen LogP contribution is -2.48. The summed E-state index contributed by atoms with van der Waals surface area (Å²) in [6, 6.07) is 16.1. The van der Waals surface area contributed by atoms with Crippen LogP contribution in [0.25, 0.3) is 0 Å². The molecule has 0 bridgehead atoms. The average Bonchev–Trinajstić information content (AvgIpc) is 2.63. The molecule has 3 nitrogen and oxygen atoms in total. The molecule has 138 valence electrons. The quantitative estimate of drug-likeness (QED) is 0.788. The molecule has 26 heavy (non-hydrogen) atoms. The van der Waals surface area contributed by atoms with Crippen LogP contribution in [0.5, 0.6) is 0 Å². The zero-order chi connectivity index (χ0) is 18.7. The Morgan fingerprint density at radius 2 is 1.50 bits per heavy atom. The summed E-state index contributed by atoms with van der Waals surface area (Å²) in [6.07, 6.45) is 0. The van der Waals surface area contributed by atoms with E-state index in [9.17, 15) is 4.79 Å². The zero-order valence-electron chi connectivity index (χ0n) is 15.8. The summed E-state index contributed by atoms with van der Waals surface area (Å²) in [5, 5.41) is 0.765. The van der Waals surface area contributed by atoms with Gasteiger partial charge in [-0.1, -0.05) is 56.6 Å². The number of piperazine rings is 1. The molecular weight excluding hydrogens is 344 g/mol. The minimum Gasteiger partial charge on any atom is -0.336 e. The second-order valence-corrected chi connectivity index (χ2v) is 8.46. The molecule has 2 aromatic carbocycles. The molecule has 4 heteroatoms. The van der Waals surface area contributed by atoms with E-state index in [0.29, 0.717) is 0 Å². The van der Waals surface area contributed by atoms with Gasteiger partial charge in [0.25, 0.3) is 5.91 Å². The Hall–Kier alpha value is -1.84. The molecule has 1 amide bonds. The summed E-state index contributed by atoms with van der Waals surface area (Å²) < 4.78 is 0. The van der Waals surface area contributed by atoms with Crippen molar-refractivity contribution in [1.29, 1.82) is 0 Å². The van der Waals surface area contributed by atoms with Gasteiger partial charge in [0.05, 0.1) is 0 Å². The Morgan fingerprint density at radius 1 is 0.923 bits per heavy atom. The minimum absolute atomic E-state index is 0.106. The molecule has 2 aromatic rings. The first kappa shape index (κ1) is 18.9. The summed E-state index contributed by atoms with van der Waals surface area (Å²) >= 11 is 5.94. The van der Waals surface area contributed by atoms with Crippen LogP contribution in [0.4, 0.5) is 0 Å². The molecule has 1 aliphatic heterocycles. The van der Waals surface area contributed by atoms with E-state index in [-0.39, 0.29) is 11.3 Å². The Bertz CT molecular complexity index is 739. The first-order valence-electron chi connectivity index (χ1n) is 9.19. The number of benzene rings is 2. The maximum atomic E-state index is 12.8. The maximum absolute atomic E-state index is 12.8. The summed E-state index contributed by atoms with van der Waals surface area (Å²) in [5.74, 6) is 0.136. The largest absolute Gasteiger partial charge is 0.336 e. The lowest BCUT2D eigenvalue weighted by Gasteiger charge is -2.35. The van der Waals surface area contributed by atoms with Gasteiger partial charge in [0, 0.05) is 43.3 Å². The lowest BCUT2D eigenvalue weighted by molar-refractivity contribution is 0.0628. The highest BCUT2D eigenvalue weighted by Crippen LogP contribution is 2.23. The summed E-state index contributed by atoms with van der Waals surface area (Å²) in [6.45, 7) is 10.8. The molecule has 3 rings (SSSR count). The molecule has 1 fully saturated rings. The zero-order valence-corrected chi connectivity index (χ0v) is 16.6. The second-order valence-electron chi connectivity index (χ2n) is 8.02. The fraction of sp³-hybridized carbons (Fsp3) is 0.409. The van der Waals surface area contributed by atoms with Crippen LogP contribution in [-0.2, 0) is 12.0 Å². The van der Waals surface area contributed by atoms with E-state index in [2.05, 4.69) is 49.9 Å². The van der Waals surface area contributed by atoms with Gasteiger partial charge < -0.3 is 4.90 Å². The van der Waals surface area contributed by atoms with Gasteiger partial charge in [-0.25, -0.2) is 0 Å². The highest BCUT2D eigenvalue weighted by atomic mass is 35.5. The molecule has 1 saturated heterocycles. The number of rotatable bonds is 3. The van der Waals surface area contributed by atoms with Crippen molar-refractivity contribution in [3.8, 4) is 0 Å². The van der Waals surface area contributed by atoms with Gasteiger partial charge in [-0.3, -0.25) is 9.69 Å². The van der Waals surface area contributed by atoms with Gasteiger partial charge in [0.2, 0.25) is 0 Å². The van der Waals surface area contributed by atoms with Crippen LogP contribution >= 0.6 is 11.6 Å². The summed E-state index contributed by atoms with van der Waals surface area (Å²) in [7, 11) is 0. The number of amides is 1. The smallest absolute Gasteiger partial charge is 0.253 e. The molecule has 0 unspecified atom stereocenters. The van der Waals surface area contributed by atoms with Crippen molar-refractivity contribution >= 4 is 17.5 Å². The third-order valence-electron chi connectivity index (χ3n) is 4.98. The average molecular weight is 371 g/mol. The van der Waals surface area contributed by atoms with E-state index < -0.39 is 0 Å². The van der Waals surface area contributed by atoms with Crippen molar-refractivity contribution in [2.75, 3.05) is 26.2 Å². The van der Waals surface area contributed by atoms with Crippen LogP contribution in [0.3, 0.4) is 0 Å². The molecule has 0 aromatic heterocycles. The molecule has 0 atom stereocenters. The van der Waals surface area contributed by atoms with Crippen molar-refractivity contribution in [2.45, 2.75) is 32.7 Å². The maximum Gasteiger partial charge on any atom is 0.253 e. The number of hydrogen-bond donors (Lipinski definition) is 0. The predicted octanol–water partition coefficient (Wildman–Crippen LogP) is 4.60. The van der Waals surface area contributed by atoms with E-state index in [1.54, 1.807) is 0 Å². The third-order valence-corrected chi connectivity index (χ3v) is 5.23. The van der Waals surface area contributed by atoms with E-state index >= 15 is 0 Å². The van der Waals surface area contributed by atoms with Gasteiger partial charge in [-0.15, -0.1) is 0 Å². The Kier molecular flexibility index (Phi) is 5.69. The predicted molar refractivity (Wildman–Crippen MR) is 108 cm³/mol. The van der Waals surface area contributed by atoms with Crippen molar-refractivity contribution < 1.29 is 4.79 Å². The van der Waals surface area contributed by atoms with Crippen LogP contribution in [0.15, 0.2) is 48.5 Å². The number of hydrogen-bond acceptors (Lipinski definition) is 2. The van der Waals surface area contributed by atoms with Gasteiger partial charge in [-0.2, -0.15) is 0 Å². The summed E-state index contributed by atoms with van der Waals surface area (Å²) in [4.78, 5) is 17.1. The Balaban J connectivity index is 1.55. The summed E-state index contributed by atoms with van der Waals surface area (Å²) in [5.41, 5.74) is 3.40. The third kappa shape index (κ3) is 4.66. The van der Waals surface area contributed by atoms with E-state index in [1.165, 1.54) is 11.1 Å². The standard InChI is InChI=1S/C22H27ClN2O/c1-22(2,3)19-8-6-18(7-9-19)21(26)25-14-12-24(13-15-25)16-17-4-10-20(23)11-5-17/h4-11H,12-16H2,1-3H3. The molecule has 1 aliphatic rings. The highest BCUT2D eigenvalue weighted by Gasteiger charge is 2.22. The molecule has 0 spiro atoms. The minimum atomic E-state index is 0.106. The van der Waals surface area contributed by atoms with Gasteiger partial charge in [0.1, 0.15) is 0 Å². The second kappa shape index (κ2) is 7.81. The fourth-order valence-corrected chi connectivity index (χ4v) is 3.38. The van der Waals surface area contributed by atoms with E-state index in [0.717, 1.165) is 43.3 Å². The van der Waals surface area contributed by atoms with Crippen LogP contribution in [0.2, 0.25) is 5.02 Å². The van der Waals surface area contributed by atoms with Crippen molar-refractivity contribution in [3.05, 3.63) is 70.2 Å². The normalized spacial score (nSPS) is 15.9. The molecule has 0 aliphatic carbocycles. The Labute approximate surface area is 161 Å². The van der Waals surface area contributed by atoms with Crippen LogP contribution in [-0.4, -0.2) is 41.9 Å². The Morgan fingerprint density at radius 3 is 2.04 bits per heavy atom. The molecule has 0 N–H and O–H groups in total. The van der Waals surface area contributed by atoms with Crippen LogP contribution in [0, 0.1) is 0 Å². The fourth-order valence-electron chi connectivity index (χ4n) is 3.25. The molecule has 1 heterocycles. The van der Waals surface area contributed by atoms with Crippen LogP contribution in [0.1, 0.15) is 42.3 Å². The SMILES string of the molecule is CC(C)(C)c1ccc(C(=O)N2CCN(Cc3ccc(Cl)cc3)CC2)cc1. The van der Waals surface area contributed by atoms with Crippen molar-refractivity contribution in [3.63, 3.8) is 0 Å². The van der Waals surface area contributed by atoms with Crippen molar-refractivity contribution in [1.82, 2.24) is 9.80 Å². The monoisotopic (exact) mass is 370 g/mol. The number of halogens is 1. The molecule has 0 saturated carbocycles. The van der Waals surface area contributed by atoms with Crippen molar-refractivity contribution in [2.24, 2.45) is 0 Å². The van der Waals surface area contributed by atoms with E-state index in [4.69, 9.17) is 11.6 Å². The van der Waals surface area contributed by atoms with Crippen LogP contribution < -0.4 is 0 Å². The first-order valence-corrected chi connectivity index (χ1v) is 9.57. The lowest BCUT2D eigenvalue weighted by atomic mass is 9.86. The molecule has 0 radical (unpaired) electrons. The van der Waals surface area contributed by atoms with Gasteiger partial charge >= 0.3 is 0 Å².